The summed E-state index contributed by atoms with van der Waals surface area (Å²) in [7, 11) is 3.86. The fourth-order valence-corrected chi connectivity index (χ4v) is 3.98. The Balaban J connectivity index is 0.00000300. The van der Waals surface area contributed by atoms with Gasteiger partial charge in [-0.25, -0.2) is 0 Å². The van der Waals surface area contributed by atoms with Gasteiger partial charge in [0.25, 0.3) is 0 Å². The van der Waals surface area contributed by atoms with Crippen LogP contribution in [0.25, 0.3) is 0 Å². The Morgan fingerprint density at radius 1 is 1.14 bits per heavy atom. The Labute approximate surface area is 190 Å². The summed E-state index contributed by atoms with van der Waals surface area (Å²) in [6.07, 6.45) is 1.90. The summed E-state index contributed by atoms with van der Waals surface area (Å²) in [5.74, 6) is 1.26. The van der Waals surface area contributed by atoms with Gasteiger partial charge in [0.15, 0.2) is 5.96 Å². The summed E-state index contributed by atoms with van der Waals surface area (Å²) < 4.78 is 2.00. The highest BCUT2D eigenvalue weighted by atomic mass is 127. The van der Waals surface area contributed by atoms with Crippen molar-refractivity contribution in [2.24, 2.45) is 12.0 Å². The Morgan fingerprint density at radius 2 is 1.83 bits per heavy atom. The molecule has 3 rings (SSSR count). The van der Waals surface area contributed by atoms with Gasteiger partial charge < -0.3 is 20.2 Å². The number of aliphatic imine (C=N–C) groups is 1. The average Bonchev–Trinajstić information content (AvgIpc) is 3.04. The highest BCUT2D eigenvalue weighted by Gasteiger charge is 2.22. The molecule has 2 aromatic rings. The zero-order valence-electron chi connectivity index (χ0n) is 17.9. The van der Waals surface area contributed by atoms with Gasteiger partial charge in [0.05, 0.1) is 11.4 Å². The lowest BCUT2D eigenvalue weighted by Gasteiger charge is -2.37. The van der Waals surface area contributed by atoms with Gasteiger partial charge in [-0.15, -0.1) is 24.0 Å². The smallest absolute Gasteiger partial charge is 0.194 e. The minimum atomic E-state index is 0. The molecule has 0 radical (unpaired) electrons. The second-order valence-corrected chi connectivity index (χ2v) is 7.07. The number of aryl methyl sites for hydroxylation is 2. The van der Waals surface area contributed by atoms with E-state index in [9.17, 15) is 5.11 Å². The molecule has 0 unspecified atom stereocenters. The molecule has 0 aliphatic carbocycles. The summed E-state index contributed by atoms with van der Waals surface area (Å²) in [6.45, 7) is 8.50. The fraction of sp³-hybridized carbons (Fsp3) is 0.524. The molecule has 2 heterocycles. The van der Waals surface area contributed by atoms with Crippen LogP contribution in [-0.2, 0) is 26.4 Å². The number of anilines is 1. The topological polar surface area (TPSA) is 68.9 Å². The molecule has 0 bridgehead atoms. The molecule has 1 aliphatic heterocycles. The van der Waals surface area contributed by atoms with Crippen LogP contribution in [0.15, 0.2) is 29.3 Å². The number of para-hydroxylation sites is 2. The number of nitrogens with one attached hydrogen (secondary N) is 1. The monoisotopic (exact) mass is 512 g/mol. The minimum Gasteiger partial charge on any atom is -0.506 e. The number of aromatic nitrogens is 2. The van der Waals surface area contributed by atoms with E-state index in [0.717, 1.165) is 62.9 Å². The molecule has 0 atom stereocenters. The summed E-state index contributed by atoms with van der Waals surface area (Å²) in [4.78, 5) is 9.00. The van der Waals surface area contributed by atoms with Crippen LogP contribution in [-0.4, -0.2) is 59.0 Å². The lowest BCUT2D eigenvalue weighted by molar-refractivity contribution is 0.369. The first-order valence-electron chi connectivity index (χ1n) is 10.1. The van der Waals surface area contributed by atoms with E-state index < -0.39 is 0 Å². The van der Waals surface area contributed by atoms with E-state index in [2.05, 4.69) is 39.1 Å². The van der Waals surface area contributed by atoms with Gasteiger partial charge in [-0.1, -0.05) is 26.0 Å². The second-order valence-electron chi connectivity index (χ2n) is 7.07. The highest BCUT2D eigenvalue weighted by molar-refractivity contribution is 14.0. The number of aromatic hydroxyl groups is 1. The van der Waals surface area contributed by atoms with Crippen LogP contribution in [0, 0.1) is 0 Å². The Hall–Kier alpha value is -1.97. The third-order valence-corrected chi connectivity index (χ3v) is 5.46. The molecule has 0 amide bonds. The first-order chi connectivity index (χ1) is 13.6. The minimum absolute atomic E-state index is 0. The van der Waals surface area contributed by atoms with Crippen LogP contribution in [0.3, 0.4) is 0 Å². The van der Waals surface area contributed by atoms with Crippen LogP contribution in [0.2, 0.25) is 0 Å². The van der Waals surface area contributed by atoms with Gasteiger partial charge in [-0.05, 0) is 25.0 Å². The number of phenols is 1. The van der Waals surface area contributed by atoms with Crippen LogP contribution in [0.1, 0.15) is 30.8 Å². The van der Waals surface area contributed by atoms with Crippen molar-refractivity contribution >= 4 is 35.6 Å². The maximum absolute atomic E-state index is 10.1. The van der Waals surface area contributed by atoms with Crippen molar-refractivity contribution in [3.05, 3.63) is 41.2 Å². The molecule has 29 heavy (non-hydrogen) atoms. The van der Waals surface area contributed by atoms with E-state index in [-0.39, 0.29) is 24.0 Å². The number of piperazine rings is 1. The largest absolute Gasteiger partial charge is 0.506 e. The van der Waals surface area contributed by atoms with E-state index in [0.29, 0.717) is 5.75 Å². The number of benzene rings is 1. The first-order valence-corrected chi connectivity index (χ1v) is 10.1. The molecule has 0 spiro atoms. The summed E-state index contributed by atoms with van der Waals surface area (Å²) in [5.41, 5.74) is 4.64. The molecule has 1 saturated heterocycles. The zero-order chi connectivity index (χ0) is 20.1. The third kappa shape index (κ3) is 5.15. The molecule has 1 aliphatic rings. The number of halogens is 1. The van der Waals surface area contributed by atoms with Gasteiger partial charge in [0, 0.05) is 58.1 Å². The molecule has 2 N–H and O–H groups in total. The number of hydrogen-bond donors (Lipinski definition) is 2. The van der Waals surface area contributed by atoms with Gasteiger partial charge in [0.2, 0.25) is 0 Å². The van der Waals surface area contributed by atoms with Crippen LogP contribution < -0.4 is 10.2 Å². The average molecular weight is 512 g/mol. The normalized spacial score (nSPS) is 14.7. The van der Waals surface area contributed by atoms with Crippen molar-refractivity contribution in [1.29, 1.82) is 0 Å². The van der Waals surface area contributed by atoms with Gasteiger partial charge in [-0.3, -0.25) is 9.67 Å². The van der Waals surface area contributed by atoms with Crippen LogP contribution >= 0.6 is 24.0 Å². The summed E-state index contributed by atoms with van der Waals surface area (Å²) in [6, 6.07) is 7.53. The van der Waals surface area contributed by atoms with Crippen molar-refractivity contribution in [3.8, 4) is 5.75 Å². The lowest BCUT2D eigenvalue weighted by atomic mass is 10.1. The number of phenolic OH excluding ortho intramolecular Hbond substituents is 1. The zero-order valence-corrected chi connectivity index (χ0v) is 20.2. The SMILES string of the molecule is CCc1nn(C)c(CC)c1CNC(=NC)N1CCN(c2ccccc2O)CC1.I. The summed E-state index contributed by atoms with van der Waals surface area (Å²) >= 11 is 0. The van der Waals surface area contributed by atoms with E-state index >= 15 is 0 Å². The standard InChI is InChI=1S/C21H32N6O.HI/c1-5-17-16(18(6-2)25(4)24-17)15-23-21(22-3)27-13-11-26(12-14-27)19-9-7-8-10-20(19)28;/h7-10,28H,5-6,11-15H2,1-4H3,(H,22,23);1H. The number of rotatable bonds is 5. The first kappa shape index (κ1) is 23.3. The highest BCUT2D eigenvalue weighted by Crippen LogP contribution is 2.27. The molecule has 1 fully saturated rings. The summed E-state index contributed by atoms with van der Waals surface area (Å²) in [5, 5.41) is 18.3. The van der Waals surface area contributed by atoms with Gasteiger partial charge in [-0.2, -0.15) is 5.10 Å². The fourth-order valence-electron chi connectivity index (χ4n) is 3.98. The second kappa shape index (κ2) is 10.7. The van der Waals surface area contributed by atoms with E-state index in [1.807, 2.05) is 37.0 Å². The Bertz CT molecular complexity index is 827. The molecule has 0 saturated carbocycles. The molecular formula is C21H33IN6O. The van der Waals surface area contributed by atoms with E-state index in [4.69, 9.17) is 0 Å². The van der Waals surface area contributed by atoms with Gasteiger partial charge >= 0.3 is 0 Å². The van der Waals surface area contributed by atoms with E-state index in [1.165, 1.54) is 11.3 Å². The number of hydrogen-bond acceptors (Lipinski definition) is 4. The predicted octanol–water partition coefficient (Wildman–Crippen LogP) is 2.77. The van der Waals surface area contributed by atoms with Crippen molar-refractivity contribution in [2.45, 2.75) is 33.2 Å². The lowest BCUT2D eigenvalue weighted by Crippen LogP contribution is -2.52. The Morgan fingerprint density at radius 3 is 2.41 bits per heavy atom. The third-order valence-electron chi connectivity index (χ3n) is 5.46. The van der Waals surface area contributed by atoms with Crippen LogP contribution in [0.4, 0.5) is 5.69 Å². The van der Waals surface area contributed by atoms with Crippen molar-refractivity contribution in [3.63, 3.8) is 0 Å². The maximum atomic E-state index is 10.1. The van der Waals surface area contributed by atoms with E-state index in [1.54, 1.807) is 6.07 Å². The quantitative estimate of drug-likeness (QED) is 0.367. The number of nitrogens with zero attached hydrogens (tertiary/aromatic N) is 5. The van der Waals surface area contributed by atoms with Crippen molar-refractivity contribution in [2.75, 3.05) is 38.1 Å². The molecule has 7 nitrogen and oxygen atoms in total. The van der Waals surface area contributed by atoms with Crippen LogP contribution in [0.5, 0.6) is 5.75 Å². The molecule has 1 aromatic carbocycles. The molecule has 1 aromatic heterocycles. The van der Waals surface area contributed by atoms with Crippen molar-refractivity contribution in [1.82, 2.24) is 20.0 Å². The number of guanidine groups is 1. The molecule has 8 heteroatoms. The molecular weight excluding hydrogens is 479 g/mol. The van der Waals surface area contributed by atoms with Gasteiger partial charge in [0.1, 0.15) is 5.75 Å². The molecule has 160 valence electrons. The Kier molecular flexibility index (Phi) is 8.60. The van der Waals surface area contributed by atoms with Crippen molar-refractivity contribution < 1.29 is 5.11 Å². The predicted molar refractivity (Wildman–Crippen MR) is 129 cm³/mol. The maximum Gasteiger partial charge on any atom is 0.194 e.